The van der Waals surface area contributed by atoms with Crippen molar-refractivity contribution in [2.45, 2.75) is 32.6 Å². The molecule has 0 aliphatic heterocycles. The van der Waals surface area contributed by atoms with Crippen LogP contribution in [0.3, 0.4) is 0 Å². The van der Waals surface area contributed by atoms with E-state index in [2.05, 4.69) is 38.1 Å². The van der Waals surface area contributed by atoms with Gasteiger partial charge in [-0.3, -0.25) is 4.39 Å². The van der Waals surface area contributed by atoms with E-state index in [0.29, 0.717) is 19.6 Å². The third kappa shape index (κ3) is 5.46. The van der Waals surface area contributed by atoms with Gasteiger partial charge in [-0.25, -0.2) is 0 Å². The molecule has 2 rings (SSSR count). The highest BCUT2D eigenvalue weighted by Crippen LogP contribution is 2.33. The Morgan fingerprint density at radius 1 is 0.923 bits per heavy atom. The first kappa shape index (κ1) is 20.2. The highest BCUT2D eigenvalue weighted by Gasteiger charge is 2.23. The molecule has 1 unspecified atom stereocenters. The summed E-state index contributed by atoms with van der Waals surface area (Å²) in [6.45, 7) is 6.97. The van der Waals surface area contributed by atoms with Gasteiger partial charge in [0.1, 0.15) is 11.5 Å². The number of hydrogen-bond donors (Lipinski definition) is 1. The number of alkyl halides is 1. The summed E-state index contributed by atoms with van der Waals surface area (Å²) < 4.78 is 23.3. The largest absolute Gasteiger partial charge is 0.494 e. The Hall–Kier alpha value is -2.07. The van der Waals surface area contributed by atoms with Crippen LogP contribution in [0.4, 0.5) is 4.39 Å². The SMILES string of the molecule is CC(CO)COc1ccc(C(C)(C)c2ccc(OCCCF)cc2)cc1. The minimum atomic E-state index is -0.357. The summed E-state index contributed by atoms with van der Waals surface area (Å²) >= 11 is 0. The van der Waals surface area contributed by atoms with Crippen LogP contribution < -0.4 is 9.47 Å². The topological polar surface area (TPSA) is 38.7 Å². The van der Waals surface area contributed by atoms with E-state index in [1.54, 1.807) is 0 Å². The lowest BCUT2D eigenvalue weighted by molar-refractivity contribution is 0.174. The third-order valence-corrected chi connectivity index (χ3v) is 4.54. The number of ether oxygens (including phenoxy) is 2. The van der Waals surface area contributed by atoms with Gasteiger partial charge in [-0.2, -0.15) is 0 Å². The predicted molar refractivity (Wildman–Crippen MR) is 103 cm³/mol. The average Bonchev–Trinajstić information content (AvgIpc) is 2.67. The number of aliphatic hydroxyl groups is 1. The molecule has 0 bridgehead atoms. The van der Waals surface area contributed by atoms with Crippen molar-refractivity contribution in [3.63, 3.8) is 0 Å². The number of rotatable bonds is 10. The molecule has 1 atom stereocenters. The molecular formula is C22H29FO3. The number of hydrogen-bond acceptors (Lipinski definition) is 3. The second-order valence-electron chi connectivity index (χ2n) is 7.16. The van der Waals surface area contributed by atoms with Gasteiger partial charge >= 0.3 is 0 Å². The van der Waals surface area contributed by atoms with Gasteiger partial charge in [-0.15, -0.1) is 0 Å². The predicted octanol–water partition coefficient (Wildman–Crippen LogP) is 4.76. The van der Waals surface area contributed by atoms with Crippen molar-refractivity contribution in [2.24, 2.45) is 5.92 Å². The molecule has 2 aromatic rings. The molecule has 0 heterocycles. The van der Waals surface area contributed by atoms with Crippen LogP contribution in [-0.4, -0.2) is 31.6 Å². The molecule has 4 heteroatoms. The zero-order valence-electron chi connectivity index (χ0n) is 15.9. The third-order valence-electron chi connectivity index (χ3n) is 4.54. The van der Waals surface area contributed by atoms with E-state index >= 15 is 0 Å². The highest BCUT2D eigenvalue weighted by atomic mass is 19.1. The first-order valence-electron chi connectivity index (χ1n) is 9.11. The Kier molecular flexibility index (Phi) is 7.46. The molecule has 0 spiro atoms. The summed E-state index contributed by atoms with van der Waals surface area (Å²) in [6, 6.07) is 16.1. The van der Waals surface area contributed by atoms with Crippen LogP contribution in [0.15, 0.2) is 48.5 Å². The lowest BCUT2D eigenvalue weighted by atomic mass is 9.78. The Morgan fingerprint density at radius 2 is 1.42 bits per heavy atom. The van der Waals surface area contributed by atoms with Crippen LogP contribution in [0.1, 0.15) is 38.3 Å². The number of benzene rings is 2. The van der Waals surface area contributed by atoms with Crippen molar-refractivity contribution in [3.8, 4) is 11.5 Å². The smallest absolute Gasteiger partial charge is 0.119 e. The van der Waals surface area contributed by atoms with E-state index < -0.39 is 0 Å². The van der Waals surface area contributed by atoms with Gasteiger partial charge in [0.15, 0.2) is 0 Å². The van der Waals surface area contributed by atoms with E-state index in [-0.39, 0.29) is 24.6 Å². The molecule has 3 nitrogen and oxygen atoms in total. The maximum absolute atomic E-state index is 12.1. The van der Waals surface area contributed by atoms with E-state index in [0.717, 1.165) is 11.5 Å². The van der Waals surface area contributed by atoms with Gasteiger partial charge < -0.3 is 14.6 Å². The highest BCUT2D eigenvalue weighted by molar-refractivity contribution is 5.41. The van der Waals surface area contributed by atoms with Gasteiger partial charge in [0.05, 0.1) is 19.9 Å². The molecule has 142 valence electrons. The zero-order valence-corrected chi connectivity index (χ0v) is 15.9. The van der Waals surface area contributed by atoms with Crippen LogP contribution in [-0.2, 0) is 5.41 Å². The van der Waals surface area contributed by atoms with Crippen LogP contribution in [0.2, 0.25) is 0 Å². The van der Waals surface area contributed by atoms with Crippen molar-refractivity contribution in [1.82, 2.24) is 0 Å². The summed E-state index contributed by atoms with van der Waals surface area (Å²) in [5, 5.41) is 9.06. The van der Waals surface area contributed by atoms with E-state index in [1.807, 2.05) is 31.2 Å². The summed E-state index contributed by atoms with van der Waals surface area (Å²) in [7, 11) is 0. The van der Waals surface area contributed by atoms with Crippen LogP contribution in [0, 0.1) is 5.92 Å². The standard InChI is InChI=1S/C22H29FO3/c1-17(15-24)16-26-21-11-7-19(8-12-21)22(2,3)18-5-9-20(10-6-18)25-14-4-13-23/h5-12,17,24H,4,13-16H2,1-3H3. The Labute approximate surface area is 155 Å². The lowest BCUT2D eigenvalue weighted by Gasteiger charge is -2.26. The van der Waals surface area contributed by atoms with Gasteiger partial charge in [-0.05, 0) is 35.4 Å². The minimum absolute atomic E-state index is 0.122. The van der Waals surface area contributed by atoms with E-state index in [9.17, 15) is 4.39 Å². The molecule has 0 fully saturated rings. The molecule has 0 aliphatic carbocycles. The summed E-state index contributed by atoms with van der Waals surface area (Å²) in [5.41, 5.74) is 2.21. The molecule has 0 aromatic heterocycles. The fraction of sp³-hybridized carbons (Fsp3) is 0.455. The Balaban J connectivity index is 2.04. The second kappa shape index (κ2) is 9.58. The average molecular weight is 360 g/mol. The van der Waals surface area contributed by atoms with E-state index in [1.165, 1.54) is 11.1 Å². The molecule has 0 radical (unpaired) electrons. The summed E-state index contributed by atoms with van der Waals surface area (Å²) in [4.78, 5) is 0. The molecule has 1 N–H and O–H groups in total. The lowest BCUT2D eigenvalue weighted by Crippen LogP contribution is -2.19. The summed E-state index contributed by atoms with van der Waals surface area (Å²) in [6.07, 6.45) is 0.415. The quantitative estimate of drug-likeness (QED) is 0.621. The Morgan fingerprint density at radius 3 is 1.88 bits per heavy atom. The molecule has 26 heavy (non-hydrogen) atoms. The molecular weight excluding hydrogens is 331 g/mol. The molecule has 0 amide bonds. The summed E-state index contributed by atoms with van der Waals surface area (Å²) in [5.74, 6) is 1.69. The van der Waals surface area contributed by atoms with Crippen molar-refractivity contribution in [2.75, 3.05) is 26.5 Å². The van der Waals surface area contributed by atoms with Gasteiger partial charge in [-0.1, -0.05) is 45.0 Å². The normalized spacial score (nSPS) is 12.7. The maximum Gasteiger partial charge on any atom is 0.119 e. The van der Waals surface area contributed by atoms with Gasteiger partial charge in [0.2, 0.25) is 0 Å². The van der Waals surface area contributed by atoms with Crippen molar-refractivity contribution in [1.29, 1.82) is 0 Å². The van der Waals surface area contributed by atoms with Crippen molar-refractivity contribution < 1.29 is 19.0 Å². The molecule has 0 aliphatic rings. The molecule has 2 aromatic carbocycles. The maximum atomic E-state index is 12.1. The zero-order chi connectivity index (χ0) is 19.0. The van der Waals surface area contributed by atoms with Gasteiger partial charge in [0, 0.05) is 24.4 Å². The van der Waals surface area contributed by atoms with Crippen LogP contribution in [0.5, 0.6) is 11.5 Å². The fourth-order valence-electron chi connectivity index (χ4n) is 2.64. The van der Waals surface area contributed by atoms with Gasteiger partial charge in [0.25, 0.3) is 0 Å². The molecule has 0 saturated heterocycles. The fourth-order valence-corrected chi connectivity index (χ4v) is 2.64. The molecule has 0 saturated carbocycles. The minimum Gasteiger partial charge on any atom is -0.494 e. The monoisotopic (exact) mass is 360 g/mol. The van der Waals surface area contributed by atoms with Crippen molar-refractivity contribution >= 4 is 0 Å². The van der Waals surface area contributed by atoms with Crippen molar-refractivity contribution in [3.05, 3.63) is 59.7 Å². The van der Waals surface area contributed by atoms with Crippen LogP contribution in [0.25, 0.3) is 0 Å². The van der Waals surface area contributed by atoms with Crippen LogP contribution >= 0.6 is 0 Å². The Bertz CT molecular complexity index is 650. The first-order valence-corrected chi connectivity index (χ1v) is 9.11. The van der Waals surface area contributed by atoms with E-state index in [4.69, 9.17) is 14.6 Å². The second-order valence-corrected chi connectivity index (χ2v) is 7.16. The number of aliphatic hydroxyl groups excluding tert-OH is 1. The first-order chi connectivity index (χ1) is 12.5. The number of halogens is 1.